The Bertz CT molecular complexity index is 1300. The number of aryl methyl sites for hydroxylation is 1. The molecule has 0 saturated heterocycles. The Morgan fingerprint density at radius 2 is 1.84 bits per heavy atom. The molecule has 37 heavy (non-hydrogen) atoms. The number of amides is 2. The molecule has 1 heterocycles. The van der Waals surface area contributed by atoms with Crippen molar-refractivity contribution in [3.63, 3.8) is 0 Å². The Labute approximate surface area is 218 Å². The molecular formula is C31H35FN2O3. The molecule has 0 radical (unpaired) electrons. The fourth-order valence-electron chi connectivity index (χ4n) is 4.76. The van der Waals surface area contributed by atoms with Crippen molar-refractivity contribution in [2.75, 3.05) is 6.54 Å². The molecule has 5 nitrogen and oxygen atoms in total. The Hall–Kier alpha value is -3.67. The number of hydrogen-bond acceptors (Lipinski definition) is 3. The second-order valence-corrected chi connectivity index (χ2v) is 10.8. The second-order valence-electron chi connectivity index (χ2n) is 10.8. The summed E-state index contributed by atoms with van der Waals surface area (Å²) in [7, 11) is 0. The standard InChI is InChI=1S/C31H35FN2O3/c1-20-8-6-9-22(16-20)19-33-29(35)21(2)37-26-13-12-23-14-15-34(30(36)31(3,4)5)28(27(23)18-26)24-10-7-11-25(32)17-24/h6-13,16-18,21,28H,14-15,19H2,1-5H3,(H,33,35)/t21-,28-/m0/s1. The highest BCUT2D eigenvalue weighted by atomic mass is 19.1. The minimum Gasteiger partial charge on any atom is -0.481 e. The summed E-state index contributed by atoms with van der Waals surface area (Å²) in [5.74, 6) is -0.0319. The van der Waals surface area contributed by atoms with E-state index < -0.39 is 17.6 Å². The second kappa shape index (κ2) is 10.8. The van der Waals surface area contributed by atoms with Crippen LogP contribution in [-0.2, 0) is 22.6 Å². The van der Waals surface area contributed by atoms with E-state index >= 15 is 0 Å². The molecule has 0 unspecified atom stereocenters. The molecule has 0 fully saturated rings. The average molecular weight is 503 g/mol. The Morgan fingerprint density at radius 1 is 1.08 bits per heavy atom. The summed E-state index contributed by atoms with van der Waals surface area (Å²) in [6, 6.07) is 19.7. The molecule has 0 aromatic heterocycles. The van der Waals surface area contributed by atoms with Gasteiger partial charge >= 0.3 is 0 Å². The van der Waals surface area contributed by atoms with E-state index in [-0.39, 0.29) is 17.6 Å². The maximum absolute atomic E-state index is 14.2. The van der Waals surface area contributed by atoms with Crippen molar-refractivity contribution < 1.29 is 18.7 Å². The van der Waals surface area contributed by atoms with Crippen LogP contribution in [0.5, 0.6) is 5.75 Å². The molecule has 1 aliphatic rings. The Kier molecular flexibility index (Phi) is 7.67. The lowest BCUT2D eigenvalue weighted by molar-refractivity contribution is -0.141. The average Bonchev–Trinajstić information content (AvgIpc) is 2.85. The van der Waals surface area contributed by atoms with Crippen LogP contribution in [0, 0.1) is 18.2 Å². The van der Waals surface area contributed by atoms with Crippen LogP contribution < -0.4 is 10.1 Å². The number of ether oxygens (including phenoxy) is 1. The number of nitrogens with zero attached hydrogens (tertiary/aromatic N) is 1. The summed E-state index contributed by atoms with van der Waals surface area (Å²) in [4.78, 5) is 28.0. The van der Waals surface area contributed by atoms with Crippen LogP contribution in [0.25, 0.3) is 0 Å². The highest BCUT2D eigenvalue weighted by molar-refractivity contribution is 5.83. The van der Waals surface area contributed by atoms with Gasteiger partial charge in [-0.25, -0.2) is 4.39 Å². The van der Waals surface area contributed by atoms with E-state index in [9.17, 15) is 14.0 Å². The fraction of sp³-hybridized carbons (Fsp3) is 0.355. The SMILES string of the molecule is Cc1cccc(CNC(=O)[C@H](C)Oc2ccc3c(c2)[C@H](c2cccc(F)c2)N(C(=O)C(C)(C)C)CC3)c1. The van der Waals surface area contributed by atoms with Crippen LogP contribution in [0.4, 0.5) is 4.39 Å². The molecular weight excluding hydrogens is 467 g/mol. The van der Waals surface area contributed by atoms with E-state index in [1.54, 1.807) is 13.0 Å². The van der Waals surface area contributed by atoms with E-state index in [1.165, 1.54) is 12.1 Å². The summed E-state index contributed by atoms with van der Waals surface area (Å²) < 4.78 is 20.3. The summed E-state index contributed by atoms with van der Waals surface area (Å²) >= 11 is 0. The van der Waals surface area contributed by atoms with E-state index in [0.717, 1.165) is 22.3 Å². The number of carbonyl (C=O) groups excluding carboxylic acids is 2. The number of carbonyl (C=O) groups is 2. The number of halogens is 1. The van der Waals surface area contributed by atoms with Crippen molar-refractivity contribution >= 4 is 11.8 Å². The van der Waals surface area contributed by atoms with Crippen molar-refractivity contribution in [3.8, 4) is 5.75 Å². The van der Waals surface area contributed by atoms with Gasteiger partial charge in [-0.1, -0.05) is 68.8 Å². The number of nitrogens with one attached hydrogen (secondary N) is 1. The van der Waals surface area contributed by atoms with Gasteiger partial charge < -0.3 is 15.0 Å². The smallest absolute Gasteiger partial charge is 0.261 e. The van der Waals surface area contributed by atoms with E-state index in [4.69, 9.17) is 4.74 Å². The minimum absolute atomic E-state index is 0.00243. The zero-order chi connectivity index (χ0) is 26.7. The molecule has 1 aliphatic heterocycles. The summed E-state index contributed by atoms with van der Waals surface area (Å²) in [5.41, 5.74) is 4.25. The zero-order valence-electron chi connectivity index (χ0n) is 22.2. The molecule has 194 valence electrons. The van der Waals surface area contributed by atoms with Gasteiger partial charge in [0.25, 0.3) is 5.91 Å². The maximum Gasteiger partial charge on any atom is 0.261 e. The van der Waals surface area contributed by atoms with Crippen molar-refractivity contribution in [2.24, 2.45) is 5.41 Å². The highest BCUT2D eigenvalue weighted by Gasteiger charge is 2.37. The first-order valence-corrected chi connectivity index (χ1v) is 12.7. The third-order valence-corrected chi connectivity index (χ3v) is 6.64. The van der Waals surface area contributed by atoms with E-state index in [1.807, 2.05) is 81.1 Å². The van der Waals surface area contributed by atoms with Crippen LogP contribution in [0.3, 0.4) is 0 Å². The topological polar surface area (TPSA) is 58.6 Å². The van der Waals surface area contributed by atoms with Gasteiger partial charge in [0.2, 0.25) is 5.91 Å². The fourth-order valence-corrected chi connectivity index (χ4v) is 4.76. The lowest BCUT2D eigenvalue weighted by Gasteiger charge is -2.41. The molecule has 3 aromatic rings. The normalized spacial score (nSPS) is 16.1. The number of benzene rings is 3. The van der Waals surface area contributed by atoms with E-state index in [2.05, 4.69) is 5.32 Å². The molecule has 1 N–H and O–H groups in total. The van der Waals surface area contributed by atoms with Crippen LogP contribution in [0.2, 0.25) is 0 Å². The van der Waals surface area contributed by atoms with Gasteiger partial charge in [-0.3, -0.25) is 9.59 Å². The maximum atomic E-state index is 14.2. The molecule has 3 aromatic carbocycles. The quantitative estimate of drug-likeness (QED) is 0.468. The van der Waals surface area contributed by atoms with E-state index in [0.29, 0.717) is 30.8 Å². The first kappa shape index (κ1) is 26.4. The molecule has 0 saturated carbocycles. The Morgan fingerprint density at radius 3 is 2.54 bits per heavy atom. The molecule has 6 heteroatoms. The molecule has 0 bridgehead atoms. The van der Waals surface area contributed by atoms with Gasteiger partial charge in [0, 0.05) is 18.5 Å². The van der Waals surface area contributed by atoms with Crippen molar-refractivity contribution in [3.05, 3.63) is 100 Å². The van der Waals surface area contributed by atoms with Crippen molar-refractivity contribution in [1.82, 2.24) is 10.2 Å². The van der Waals surface area contributed by atoms with Gasteiger partial charge in [-0.05, 0) is 66.8 Å². The van der Waals surface area contributed by atoms with Gasteiger partial charge in [0.05, 0.1) is 6.04 Å². The van der Waals surface area contributed by atoms with Gasteiger partial charge in [-0.2, -0.15) is 0 Å². The molecule has 2 atom stereocenters. The summed E-state index contributed by atoms with van der Waals surface area (Å²) in [5, 5.41) is 2.93. The predicted octanol–water partition coefficient (Wildman–Crippen LogP) is 5.74. The summed E-state index contributed by atoms with van der Waals surface area (Å²) in [6.07, 6.45) is -0.0261. The number of hydrogen-bond donors (Lipinski definition) is 1. The summed E-state index contributed by atoms with van der Waals surface area (Å²) in [6.45, 7) is 10.4. The Balaban J connectivity index is 1.58. The third-order valence-electron chi connectivity index (χ3n) is 6.64. The van der Waals surface area contributed by atoms with Gasteiger partial charge in [0.1, 0.15) is 11.6 Å². The van der Waals surface area contributed by atoms with Gasteiger partial charge in [0.15, 0.2) is 6.10 Å². The third kappa shape index (κ3) is 6.19. The zero-order valence-corrected chi connectivity index (χ0v) is 22.2. The highest BCUT2D eigenvalue weighted by Crippen LogP contribution is 2.39. The monoisotopic (exact) mass is 502 g/mol. The largest absolute Gasteiger partial charge is 0.481 e. The molecule has 0 spiro atoms. The van der Waals surface area contributed by atoms with Crippen LogP contribution in [-0.4, -0.2) is 29.4 Å². The van der Waals surface area contributed by atoms with Crippen molar-refractivity contribution in [2.45, 2.75) is 59.7 Å². The predicted molar refractivity (Wildman–Crippen MR) is 143 cm³/mol. The van der Waals surface area contributed by atoms with Crippen LogP contribution >= 0.6 is 0 Å². The van der Waals surface area contributed by atoms with Crippen molar-refractivity contribution in [1.29, 1.82) is 0 Å². The first-order chi connectivity index (χ1) is 17.5. The minimum atomic E-state index is -0.716. The lowest BCUT2D eigenvalue weighted by atomic mass is 9.85. The number of fused-ring (bicyclic) bond motifs is 1. The molecule has 2 amide bonds. The lowest BCUT2D eigenvalue weighted by Crippen LogP contribution is -2.45. The molecule has 4 rings (SSSR count). The van der Waals surface area contributed by atoms with Crippen LogP contribution in [0.15, 0.2) is 66.7 Å². The number of rotatable bonds is 6. The first-order valence-electron chi connectivity index (χ1n) is 12.7. The molecule has 0 aliphatic carbocycles. The van der Waals surface area contributed by atoms with Crippen LogP contribution in [0.1, 0.15) is 61.6 Å². The van der Waals surface area contributed by atoms with Gasteiger partial charge in [-0.15, -0.1) is 0 Å².